The maximum absolute atomic E-state index is 4.59. The van der Waals surface area contributed by atoms with Crippen LogP contribution in [0, 0.1) is 0 Å². The Kier molecular flexibility index (Phi) is 3.37. The molecule has 0 spiro atoms. The van der Waals surface area contributed by atoms with Gasteiger partial charge in [-0.05, 0) is 42.5 Å². The van der Waals surface area contributed by atoms with Gasteiger partial charge in [0.05, 0.1) is 5.69 Å². The van der Waals surface area contributed by atoms with Crippen LogP contribution in [-0.4, -0.2) is 23.1 Å². The minimum Gasteiger partial charge on any atom is -0.341 e. The summed E-state index contributed by atoms with van der Waals surface area (Å²) in [5.74, 6) is 0.862. The summed E-state index contributed by atoms with van der Waals surface area (Å²) in [5, 5.41) is 2.08. The topological polar surface area (TPSA) is 29.0 Å². The number of rotatable bonds is 3. The molecule has 18 heavy (non-hydrogen) atoms. The van der Waals surface area contributed by atoms with Crippen LogP contribution in [0.4, 0.5) is 5.95 Å². The zero-order valence-electron chi connectivity index (χ0n) is 10.1. The second-order valence-corrected chi connectivity index (χ2v) is 5.30. The number of hydrogen-bond donors (Lipinski definition) is 0. The largest absolute Gasteiger partial charge is 0.341 e. The van der Waals surface area contributed by atoms with Gasteiger partial charge in [0.1, 0.15) is 0 Å². The van der Waals surface area contributed by atoms with E-state index in [1.54, 1.807) is 11.3 Å². The standard InChI is InChI=1S/C14H15N3S/c1-2-10-17(9-1)14-15-8-7-12(16-14)5-6-13-4-3-11-18-13/h3-8,11H,1-2,9-10H2/b6-5+. The van der Waals surface area contributed by atoms with E-state index in [0.29, 0.717) is 0 Å². The molecule has 0 amide bonds. The average Bonchev–Trinajstić information content (AvgIpc) is 3.10. The Balaban J connectivity index is 1.78. The highest BCUT2D eigenvalue weighted by molar-refractivity contribution is 7.10. The number of anilines is 1. The fraction of sp³-hybridized carbons (Fsp3) is 0.286. The molecule has 0 aromatic carbocycles. The molecule has 4 heteroatoms. The first kappa shape index (κ1) is 11.4. The molecule has 0 atom stereocenters. The molecule has 92 valence electrons. The van der Waals surface area contributed by atoms with Gasteiger partial charge in [-0.25, -0.2) is 9.97 Å². The average molecular weight is 257 g/mol. The molecule has 1 saturated heterocycles. The van der Waals surface area contributed by atoms with Crippen molar-refractivity contribution in [3.63, 3.8) is 0 Å². The summed E-state index contributed by atoms with van der Waals surface area (Å²) in [6.07, 6.45) is 8.49. The number of thiophene rings is 1. The lowest BCUT2D eigenvalue weighted by molar-refractivity contribution is 0.896. The van der Waals surface area contributed by atoms with Gasteiger partial charge >= 0.3 is 0 Å². The van der Waals surface area contributed by atoms with Gasteiger partial charge in [-0.2, -0.15) is 0 Å². The first-order chi connectivity index (χ1) is 8.92. The van der Waals surface area contributed by atoms with E-state index in [-0.39, 0.29) is 0 Å². The summed E-state index contributed by atoms with van der Waals surface area (Å²) >= 11 is 1.73. The summed E-state index contributed by atoms with van der Waals surface area (Å²) < 4.78 is 0. The van der Waals surface area contributed by atoms with Crippen molar-refractivity contribution in [2.75, 3.05) is 18.0 Å². The molecular weight excluding hydrogens is 242 g/mol. The van der Waals surface area contributed by atoms with Crippen molar-refractivity contribution >= 4 is 29.4 Å². The molecule has 0 unspecified atom stereocenters. The van der Waals surface area contributed by atoms with Crippen LogP contribution >= 0.6 is 11.3 Å². The lowest BCUT2D eigenvalue weighted by atomic mass is 10.3. The van der Waals surface area contributed by atoms with E-state index >= 15 is 0 Å². The van der Waals surface area contributed by atoms with Crippen molar-refractivity contribution in [1.82, 2.24) is 9.97 Å². The highest BCUT2D eigenvalue weighted by atomic mass is 32.1. The van der Waals surface area contributed by atoms with Crippen LogP contribution in [0.5, 0.6) is 0 Å². The van der Waals surface area contributed by atoms with Crippen LogP contribution in [0.3, 0.4) is 0 Å². The molecule has 0 bridgehead atoms. The molecule has 3 rings (SSSR count). The minimum absolute atomic E-state index is 0.862. The zero-order chi connectivity index (χ0) is 12.2. The summed E-state index contributed by atoms with van der Waals surface area (Å²) in [6.45, 7) is 2.16. The van der Waals surface area contributed by atoms with Crippen LogP contribution in [0.2, 0.25) is 0 Å². The maximum Gasteiger partial charge on any atom is 0.225 e. The summed E-state index contributed by atoms with van der Waals surface area (Å²) in [4.78, 5) is 12.4. The molecule has 1 aliphatic rings. The lowest BCUT2D eigenvalue weighted by Gasteiger charge is -2.14. The Labute approximate surface area is 111 Å². The van der Waals surface area contributed by atoms with Gasteiger partial charge in [0.2, 0.25) is 5.95 Å². The third-order valence-electron chi connectivity index (χ3n) is 3.01. The smallest absolute Gasteiger partial charge is 0.225 e. The van der Waals surface area contributed by atoms with E-state index in [2.05, 4.69) is 38.5 Å². The molecule has 1 aliphatic heterocycles. The normalized spacial score (nSPS) is 15.7. The Bertz CT molecular complexity index is 528. The lowest BCUT2D eigenvalue weighted by Crippen LogP contribution is -2.20. The molecule has 1 fully saturated rings. The predicted molar refractivity (Wildman–Crippen MR) is 76.7 cm³/mol. The van der Waals surface area contributed by atoms with Gasteiger partial charge in [-0.1, -0.05) is 6.07 Å². The molecular formula is C14H15N3S. The number of aromatic nitrogens is 2. The van der Waals surface area contributed by atoms with Gasteiger partial charge in [0, 0.05) is 24.2 Å². The van der Waals surface area contributed by atoms with Crippen molar-refractivity contribution in [1.29, 1.82) is 0 Å². The fourth-order valence-corrected chi connectivity index (χ4v) is 2.70. The van der Waals surface area contributed by atoms with E-state index in [9.17, 15) is 0 Å². The second kappa shape index (κ2) is 5.31. The third-order valence-corrected chi connectivity index (χ3v) is 3.85. The highest BCUT2D eigenvalue weighted by Gasteiger charge is 2.14. The summed E-state index contributed by atoms with van der Waals surface area (Å²) in [6, 6.07) is 6.10. The molecule has 0 aliphatic carbocycles. The van der Waals surface area contributed by atoms with Crippen LogP contribution in [-0.2, 0) is 0 Å². The third kappa shape index (κ3) is 2.59. The Hall–Kier alpha value is -1.68. The molecule has 2 aromatic rings. The van der Waals surface area contributed by atoms with Crippen molar-refractivity contribution < 1.29 is 0 Å². The van der Waals surface area contributed by atoms with Crippen LogP contribution in [0.1, 0.15) is 23.4 Å². The molecule has 3 nitrogen and oxygen atoms in total. The van der Waals surface area contributed by atoms with Crippen LogP contribution in [0.25, 0.3) is 12.2 Å². The van der Waals surface area contributed by atoms with E-state index in [1.165, 1.54) is 17.7 Å². The molecule has 0 saturated carbocycles. The Morgan fingerprint density at radius 1 is 1.17 bits per heavy atom. The van der Waals surface area contributed by atoms with Gasteiger partial charge in [-0.3, -0.25) is 0 Å². The maximum atomic E-state index is 4.59. The second-order valence-electron chi connectivity index (χ2n) is 4.32. The van der Waals surface area contributed by atoms with Crippen LogP contribution in [0.15, 0.2) is 29.8 Å². The minimum atomic E-state index is 0.862. The number of nitrogens with zero attached hydrogens (tertiary/aromatic N) is 3. The zero-order valence-corrected chi connectivity index (χ0v) is 10.9. The van der Waals surface area contributed by atoms with E-state index in [4.69, 9.17) is 0 Å². The van der Waals surface area contributed by atoms with Crippen molar-refractivity contribution in [3.05, 3.63) is 40.3 Å². The quantitative estimate of drug-likeness (QED) is 0.844. The fourth-order valence-electron chi connectivity index (χ4n) is 2.08. The summed E-state index contributed by atoms with van der Waals surface area (Å²) in [7, 11) is 0. The van der Waals surface area contributed by atoms with Gasteiger partial charge in [0.15, 0.2) is 0 Å². The number of hydrogen-bond acceptors (Lipinski definition) is 4. The van der Waals surface area contributed by atoms with E-state index in [1.807, 2.05) is 18.3 Å². The monoisotopic (exact) mass is 257 g/mol. The first-order valence-corrected chi connectivity index (χ1v) is 7.09. The van der Waals surface area contributed by atoms with E-state index < -0.39 is 0 Å². The SMILES string of the molecule is C(=C\c1cccs1)/c1ccnc(N2CCCC2)n1. The predicted octanol–water partition coefficient (Wildman–Crippen LogP) is 3.31. The molecule has 0 N–H and O–H groups in total. The van der Waals surface area contributed by atoms with E-state index in [0.717, 1.165) is 24.7 Å². The highest BCUT2D eigenvalue weighted by Crippen LogP contribution is 2.17. The van der Waals surface area contributed by atoms with Crippen molar-refractivity contribution in [2.45, 2.75) is 12.8 Å². The van der Waals surface area contributed by atoms with Gasteiger partial charge < -0.3 is 4.90 Å². The molecule has 2 aromatic heterocycles. The van der Waals surface area contributed by atoms with Crippen molar-refractivity contribution in [2.24, 2.45) is 0 Å². The van der Waals surface area contributed by atoms with Crippen molar-refractivity contribution in [3.8, 4) is 0 Å². The first-order valence-electron chi connectivity index (χ1n) is 6.21. The Morgan fingerprint density at radius 2 is 2.06 bits per heavy atom. The molecule has 3 heterocycles. The Morgan fingerprint density at radius 3 is 2.83 bits per heavy atom. The molecule has 0 radical (unpaired) electrons. The van der Waals surface area contributed by atoms with Gasteiger partial charge in [-0.15, -0.1) is 11.3 Å². The van der Waals surface area contributed by atoms with Gasteiger partial charge in [0.25, 0.3) is 0 Å². The van der Waals surface area contributed by atoms with Crippen LogP contribution < -0.4 is 4.90 Å². The summed E-state index contributed by atoms with van der Waals surface area (Å²) in [5.41, 5.74) is 0.973.